The zero-order valence-corrected chi connectivity index (χ0v) is 15.7. The minimum atomic E-state index is -0.0594. The van der Waals surface area contributed by atoms with Crippen molar-refractivity contribution in [1.82, 2.24) is 14.9 Å². The lowest BCUT2D eigenvalue weighted by atomic mass is 10.1. The average molecular weight is 357 g/mol. The Balaban J connectivity index is 1.60. The molecule has 0 bridgehead atoms. The van der Waals surface area contributed by atoms with Crippen LogP contribution in [0.3, 0.4) is 0 Å². The zero-order chi connectivity index (χ0) is 18.5. The van der Waals surface area contributed by atoms with Crippen molar-refractivity contribution in [2.45, 2.75) is 27.2 Å². The van der Waals surface area contributed by atoms with Gasteiger partial charge in [0.15, 0.2) is 5.76 Å². The van der Waals surface area contributed by atoms with E-state index in [0.29, 0.717) is 37.9 Å². The molecule has 0 spiro atoms. The molecule has 3 rings (SSSR count). The molecule has 1 amide bonds. The summed E-state index contributed by atoms with van der Waals surface area (Å²) >= 11 is 0. The van der Waals surface area contributed by atoms with Gasteiger partial charge in [0.05, 0.1) is 6.26 Å². The van der Waals surface area contributed by atoms with Gasteiger partial charge >= 0.3 is 0 Å². The van der Waals surface area contributed by atoms with Crippen LogP contribution in [0.25, 0.3) is 0 Å². The molecule has 1 N–H and O–H groups in total. The van der Waals surface area contributed by atoms with Gasteiger partial charge in [0, 0.05) is 44.5 Å². The van der Waals surface area contributed by atoms with Crippen molar-refractivity contribution < 1.29 is 9.21 Å². The number of nitrogens with one attached hydrogen (secondary N) is 1. The molecule has 1 saturated heterocycles. The maximum atomic E-state index is 12.4. The van der Waals surface area contributed by atoms with E-state index in [2.05, 4.69) is 34.0 Å². The molecule has 2 aromatic heterocycles. The number of furan rings is 1. The van der Waals surface area contributed by atoms with Gasteiger partial charge in [-0.05, 0) is 31.4 Å². The SMILES string of the molecule is Cc1cc(NCCC(C)C)nc(N2CCN(C(=O)c3ccco3)CC2)n1. The van der Waals surface area contributed by atoms with E-state index in [1.54, 1.807) is 12.1 Å². The summed E-state index contributed by atoms with van der Waals surface area (Å²) in [6, 6.07) is 5.41. The fourth-order valence-electron chi connectivity index (χ4n) is 2.94. The number of anilines is 2. The van der Waals surface area contributed by atoms with Crippen LogP contribution in [0.1, 0.15) is 36.5 Å². The highest BCUT2D eigenvalue weighted by Crippen LogP contribution is 2.17. The van der Waals surface area contributed by atoms with Gasteiger partial charge in [-0.25, -0.2) is 4.98 Å². The summed E-state index contributed by atoms with van der Waals surface area (Å²) < 4.78 is 5.21. The number of nitrogens with zero attached hydrogens (tertiary/aromatic N) is 4. The quantitative estimate of drug-likeness (QED) is 0.857. The fourth-order valence-corrected chi connectivity index (χ4v) is 2.94. The fraction of sp³-hybridized carbons (Fsp3) is 0.526. The summed E-state index contributed by atoms with van der Waals surface area (Å²) in [6.45, 7) is 9.99. The Bertz CT molecular complexity index is 722. The number of amides is 1. The molecular formula is C19H27N5O2. The van der Waals surface area contributed by atoms with Crippen LogP contribution >= 0.6 is 0 Å². The average Bonchev–Trinajstić information content (AvgIpc) is 3.15. The van der Waals surface area contributed by atoms with Gasteiger partial charge in [-0.3, -0.25) is 4.79 Å². The number of carbonyl (C=O) groups is 1. The molecule has 1 aliphatic rings. The molecule has 3 heterocycles. The number of carbonyl (C=O) groups excluding carboxylic acids is 1. The normalized spacial score (nSPS) is 14.8. The van der Waals surface area contributed by atoms with Gasteiger partial charge < -0.3 is 19.5 Å². The minimum Gasteiger partial charge on any atom is -0.459 e. The standard InChI is InChI=1S/C19H27N5O2/c1-14(2)6-7-20-17-13-15(3)21-19(22-17)24-10-8-23(9-11-24)18(25)16-5-4-12-26-16/h4-5,12-14H,6-11H2,1-3H3,(H,20,21,22). The first kappa shape index (κ1) is 18.2. The summed E-state index contributed by atoms with van der Waals surface area (Å²) in [5.74, 6) is 2.58. The van der Waals surface area contributed by atoms with Crippen molar-refractivity contribution in [2.75, 3.05) is 42.9 Å². The second-order valence-corrected chi connectivity index (χ2v) is 7.06. The molecule has 0 radical (unpaired) electrons. The van der Waals surface area contributed by atoms with Crippen LogP contribution in [0.4, 0.5) is 11.8 Å². The molecule has 0 saturated carbocycles. The van der Waals surface area contributed by atoms with Crippen LogP contribution in [0.15, 0.2) is 28.9 Å². The van der Waals surface area contributed by atoms with Gasteiger partial charge in [0.25, 0.3) is 5.91 Å². The molecule has 26 heavy (non-hydrogen) atoms. The van der Waals surface area contributed by atoms with Gasteiger partial charge in [0.2, 0.25) is 5.95 Å². The lowest BCUT2D eigenvalue weighted by Gasteiger charge is -2.34. The Hall–Kier alpha value is -2.57. The van der Waals surface area contributed by atoms with E-state index < -0.39 is 0 Å². The van der Waals surface area contributed by atoms with Crippen molar-refractivity contribution in [3.8, 4) is 0 Å². The predicted molar refractivity (Wildman–Crippen MR) is 102 cm³/mol. The van der Waals surface area contributed by atoms with Crippen molar-refractivity contribution >= 4 is 17.7 Å². The second-order valence-electron chi connectivity index (χ2n) is 7.06. The van der Waals surface area contributed by atoms with Gasteiger partial charge in [-0.15, -0.1) is 0 Å². The molecule has 7 nitrogen and oxygen atoms in total. The number of hydrogen-bond acceptors (Lipinski definition) is 6. The Labute approximate surface area is 154 Å². The summed E-state index contributed by atoms with van der Waals surface area (Å²) in [5, 5.41) is 3.39. The number of rotatable bonds is 6. The van der Waals surface area contributed by atoms with Crippen LogP contribution in [0.5, 0.6) is 0 Å². The van der Waals surface area contributed by atoms with Gasteiger partial charge in [-0.2, -0.15) is 4.98 Å². The third-order valence-electron chi connectivity index (χ3n) is 4.45. The lowest BCUT2D eigenvalue weighted by molar-refractivity contribution is 0.0714. The number of piperazine rings is 1. The van der Waals surface area contributed by atoms with E-state index in [0.717, 1.165) is 30.4 Å². The van der Waals surface area contributed by atoms with E-state index in [1.165, 1.54) is 6.26 Å². The largest absolute Gasteiger partial charge is 0.459 e. The molecular weight excluding hydrogens is 330 g/mol. The highest BCUT2D eigenvalue weighted by atomic mass is 16.3. The molecule has 0 unspecified atom stereocenters. The molecule has 2 aromatic rings. The van der Waals surface area contributed by atoms with E-state index in [1.807, 2.05) is 17.9 Å². The molecule has 1 fully saturated rings. The number of aromatic nitrogens is 2. The van der Waals surface area contributed by atoms with Gasteiger partial charge in [-0.1, -0.05) is 13.8 Å². The first-order valence-corrected chi connectivity index (χ1v) is 9.20. The topological polar surface area (TPSA) is 74.5 Å². The molecule has 1 aliphatic heterocycles. The molecule has 0 atom stereocenters. The molecule has 0 aliphatic carbocycles. The van der Waals surface area contributed by atoms with Crippen LogP contribution in [0.2, 0.25) is 0 Å². The van der Waals surface area contributed by atoms with Crippen molar-refractivity contribution in [3.05, 3.63) is 35.9 Å². The summed E-state index contributed by atoms with van der Waals surface area (Å²) in [5.41, 5.74) is 0.941. The highest BCUT2D eigenvalue weighted by molar-refractivity contribution is 5.91. The zero-order valence-electron chi connectivity index (χ0n) is 15.7. The third-order valence-corrected chi connectivity index (χ3v) is 4.45. The number of aryl methyl sites for hydroxylation is 1. The summed E-state index contributed by atoms with van der Waals surface area (Å²) in [7, 11) is 0. The maximum Gasteiger partial charge on any atom is 0.289 e. The predicted octanol–water partition coefficient (Wildman–Crippen LogP) is 2.80. The number of hydrogen-bond donors (Lipinski definition) is 1. The maximum absolute atomic E-state index is 12.4. The van der Waals surface area contributed by atoms with E-state index in [4.69, 9.17) is 4.42 Å². The Kier molecular flexibility index (Phi) is 5.75. The Morgan fingerprint density at radius 3 is 2.69 bits per heavy atom. The molecule has 0 aromatic carbocycles. The van der Waals surface area contributed by atoms with Crippen molar-refractivity contribution in [3.63, 3.8) is 0 Å². The first-order chi connectivity index (χ1) is 12.5. The highest BCUT2D eigenvalue weighted by Gasteiger charge is 2.25. The second kappa shape index (κ2) is 8.21. The van der Waals surface area contributed by atoms with Gasteiger partial charge in [0.1, 0.15) is 5.82 Å². The van der Waals surface area contributed by atoms with Crippen molar-refractivity contribution in [1.29, 1.82) is 0 Å². The van der Waals surface area contributed by atoms with E-state index >= 15 is 0 Å². The minimum absolute atomic E-state index is 0.0594. The first-order valence-electron chi connectivity index (χ1n) is 9.20. The van der Waals surface area contributed by atoms with Crippen LogP contribution in [-0.4, -0.2) is 53.5 Å². The van der Waals surface area contributed by atoms with Crippen LogP contribution < -0.4 is 10.2 Å². The third kappa shape index (κ3) is 4.53. The smallest absolute Gasteiger partial charge is 0.289 e. The molecule has 7 heteroatoms. The molecule has 140 valence electrons. The summed E-state index contributed by atoms with van der Waals surface area (Å²) in [4.78, 5) is 25.5. The lowest BCUT2D eigenvalue weighted by Crippen LogP contribution is -2.49. The van der Waals surface area contributed by atoms with E-state index in [9.17, 15) is 4.79 Å². The van der Waals surface area contributed by atoms with E-state index in [-0.39, 0.29) is 5.91 Å². The summed E-state index contributed by atoms with van der Waals surface area (Å²) in [6.07, 6.45) is 2.63. The van der Waals surface area contributed by atoms with Crippen LogP contribution in [0, 0.1) is 12.8 Å². The monoisotopic (exact) mass is 357 g/mol. The van der Waals surface area contributed by atoms with Crippen LogP contribution in [-0.2, 0) is 0 Å². The Morgan fingerprint density at radius 2 is 2.04 bits per heavy atom. The van der Waals surface area contributed by atoms with Crippen molar-refractivity contribution in [2.24, 2.45) is 5.92 Å². The Morgan fingerprint density at radius 1 is 1.27 bits per heavy atom.